The Balaban J connectivity index is 1.79. The number of nitrogens with zero attached hydrogens (tertiary/aromatic N) is 2. The third-order valence-corrected chi connectivity index (χ3v) is 5.88. The predicted octanol–water partition coefficient (Wildman–Crippen LogP) is 4.13. The van der Waals surface area contributed by atoms with Gasteiger partial charge in [-0.25, -0.2) is 17.9 Å². The summed E-state index contributed by atoms with van der Waals surface area (Å²) in [4.78, 5) is 11.9. The summed E-state index contributed by atoms with van der Waals surface area (Å²) in [5, 5.41) is 11.0. The fraction of sp³-hybridized carbons (Fsp3) is 0.158. The molecule has 1 amide bonds. The minimum absolute atomic E-state index is 0.0233. The molecule has 3 rings (SSSR count). The molecule has 14 heteroatoms. The summed E-state index contributed by atoms with van der Waals surface area (Å²) >= 11 is 11.7. The van der Waals surface area contributed by atoms with E-state index in [9.17, 15) is 26.4 Å². The van der Waals surface area contributed by atoms with Gasteiger partial charge in [-0.15, -0.1) is 0 Å². The van der Waals surface area contributed by atoms with Crippen LogP contribution >= 0.6 is 23.2 Å². The Hall–Kier alpha value is -2.80. The number of nitrogens with one attached hydrogen (secondary N) is 1. The van der Waals surface area contributed by atoms with Crippen LogP contribution < -0.4 is 15.2 Å². The molecule has 0 unspecified atom stereocenters. The van der Waals surface area contributed by atoms with Crippen LogP contribution in [0.25, 0.3) is 0 Å². The van der Waals surface area contributed by atoms with Gasteiger partial charge in [-0.05, 0) is 29.8 Å². The number of halogens is 5. The lowest BCUT2D eigenvalue weighted by atomic mass is 10.1. The molecule has 3 N–H and O–H groups in total. The largest absolute Gasteiger partial charge is 0.472 e. The van der Waals surface area contributed by atoms with Gasteiger partial charge >= 0.3 is 6.55 Å². The molecule has 1 aromatic heterocycles. The number of amides is 1. The molecule has 0 bridgehead atoms. The molecule has 0 radical (unpaired) electrons. The topological polar surface area (TPSA) is 116 Å². The number of primary sulfonamides is 1. The van der Waals surface area contributed by atoms with Gasteiger partial charge in [-0.2, -0.15) is 18.6 Å². The van der Waals surface area contributed by atoms with Gasteiger partial charge < -0.3 is 10.1 Å². The van der Waals surface area contributed by atoms with Crippen molar-refractivity contribution in [3.05, 3.63) is 69.6 Å². The molecule has 0 atom stereocenters. The Morgan fingerprint density at radius 3 is 2.48 bits per heavy atom. The van der Waals surface area contributed by atoms with Crippen LogP contribution in [0.1, 0.15) is 17.7 Å². The molecule has 0 saturated heterocycles. The Kier molecular flexibility index (Phi) is 7.52. The van der Waals surface area contributed by atoms with Gasteiger partial charge in [0.05, 0.1) is 17.5 Å². The highest BCUT2D eigenvalue weighted by Gasteiger charge is 2.21. The van der Waals surface area contributed by atoms with E-state index < -0.39 is 45.7 Å². The minimum atomic E-state index is -4.29. The number of hydrogen-bond donors (Lipinski definition) is 2. The maximum absolute atomic E-state index is 13.1. The number of carbonyl (C=O) groups excluding carboxylic acids is 1. The number of nitrogens with two attached hydrogens (primary N) is 1. The zero-order valence-corrected chi connectivity index (χ0v) is 18.8. The van der Waals surface area contributed by atoms with Gasteiger partial charge in [0.15, 0.2) is 0 Å². The fourth-order valence-corrected chi connectivity index (χ4v) is 4.01. The minimum Gasteiger partial charge on any atom is -0.472 e. The first kappa shape index (κ1) is 24.8. The van der Waals surface area contributed by atoms with Crippen LogP contribution in [0.4, 0.5) is 18.9 Å². The molecule has 0 saturated carbocycles. The van der Waals surface area contributed by atoms with E-state index in [1.807, 2.05) is 0 Å². The molecule has 1 heterocycles. The molecule has 33 heavy (non-hydrogen) atoms. The van der Waals surface area contributed by atoms with Gasteiger partial charge in [-0.1, -0.05) is 35.3 Å². The SMILES string of the molecule is NS(=O)(=O)c1cc(NC(=O)Cc2ccc(F)cc2Cl)ccc1COc1c(Cl)cnn1C(F)F. The number of aromatic nitrogens is 2. The maximum Gasteiger partial charge on any atom is 0.336 e. The van der Waals surface area contributed by atoms with Crippen LogP contribution in [0.15, 0.2) is 47.5 Å². The second-order valence-electron chi connectivity index (χ2n) is 6.64. The number of carbonyl (C=O) groups is 1. The molecular weight excluding hydrogens is 508 g/mol. The van der Waals surface area contributed by atoms with E-state index in [0.717, 1.165) is 24.4 Å². The first-order chi connectivity index (χ1) is 15.5. The van der Waals surface area contributed by atoms with Crippen LogP contribution in [-0.2, 0) is 27.8 Å². The Morgan fingerprint density at radius 2 is 1.85 bits per heavy atom. The van der Waals surface area contributed by atoms with Gasteiger partial charge in [-0.3, -0.25) is 4.79 Å². The number of benzene rings is 2. The van der Waals surface area contributed by atoms with E-state index in [0.29, 0.717) is 5.56 Å². The average molecular weight is 523 g/mol. The van der Waals surface area contributed by atoms with Gasteiger partial charge in [0.1, 0.15) is 17.4 Å². The molecule has 0 aliphatic heterocycles. The predicted molar refractivity (Wildman–Crippen MR) is 114 cm³/mol. The number of anilines is 1. The van der Waals surface area contributed by atoms with Crippen molar-refractivity contribution in [1.29, 1.82) is 0 Å². The average Bonchev–Trinajstić information content (AvgIpc) is 3.09. The second-order valence-corrected chi connectivity index (χ2v) is 8.98. The summed E-state index contributed by atoms with van der Waals surface area (Å²) < 4.78 is 68.7. The Morgan fingerprint density at radius 1 is 1.15 bits per heavy atom. The number of ether oxygens (including phenoxy) is 1. The molecule has 176 valence electrons. The first-order valence-electron chi connectivity index (χ1n) is 8.99. The molecule has 0 aliphatic carbocycles. The lowest BCUT2D eigenvalue weighted by Gasteiger charge is -2.13. The van der Waals surface area contributed by atoms with Gasteiger partial charge in [0.25, 0.3) is 0 Å². The lowest BCUT2D eigenvalue weighted by Crippen LogP contribution is -2.18. The molecule has 2 aromatic carbocycles. The smallest absolute Gasteiger partial charge is 0.336 e. The van der Waals surface area contributed by atoms with E-state index in [-0.39, 0.29) is 32.4 Å². The quantitative estimate of drug-likeness (QED) is 0.461. The van der Waals surface area contributed by atoms with Crippen molar-refractivity contribution in [2.75, 3.05) is 5.32 Å². The van der Waals surface area contributed by atoms with Crippen LogP contribution in [0.3, 0.4) is 0 Å². The van der Waals surface area contributed by atoms with Crippen molar-refractivity contribution in [2.24, 2.45) is 5.14 Å². The number of rotatable bonds is 8. The van der Waals surface area contributed by atoms with E-state index in [2.05, 4.69) is 10.4 Å². The Bertz CT molecular complexity index is 1300. The van der Waals surface area contributed by atoms with E-state index >= 15 is 0 Å². The summed E-state index contributed by atoms with van der Waals surface area (Å²) in [6.45, 7) is -3.51. The van der Waals surface area contributed by atoms with Crippen LogP contribution in [0, 0.1) is 5.82 Å². The van der Waals surface area contributed by atoms with Crippen LogP contribution in [0.5, 0.6) is 5.88 Å². The normalized spacial score (nSPS) is 11.6. The van der Waals surface area contributed by atoms with Crippen molar-refractivity contribution in [1.82, 2.24) is 9.78 Å². The number of sulfonamides is 1. The third-order valence-electron chi connectivity index (χ3n) is 4.28. The highest BCUT2D eigenvalue weighted by molar-refractivity contribution is 7.89. The highest BCUT2D eigenvalue weighted by atomic mass is 35.5. The third kappa shape index (κ3) is 6.16. The fourth-order valence-electron chi connectivity index (χ4n) is 2.81. The summed E-state index contributed by atoms with van der Waals surface area (Å²) in [6.07, 6.45) is 0.750. The molecule has 3 aromatic rings. The zero-order valence-electron chi connectivity index (χ0n) is 16.4. The zero-order chi connectivity index (χ0) is 24.3. The van der Waals surface area contributed by atoms with Crippen molar-refractivity contribution in [3.8, 4) is 5.88 Å². The van der Waals surface area contributed by atoms with Gasteiger partial charge in [0.2, 0.25) is 21.8 Å². The first-order valence-corrected chi connectivity index (χ1v) is 11.3. The van der Waals surface area contributed by atoms with Crippen molar-refractivity contribution >= 4 is 44.8 Å². The summed E-state index contributed by atoms with van der Waals surface area (Å²) in [5.41, 5.74) is 0.469. The monoisotopic (exact) mass is 522 g/mol. The summed E-state index contributed by atoms with van der Waals surface area (Å²) in [7, 11) is -4.29. The summed E-state index contributed by atoms with van der Waals surface area (Å²) in [5.74, 6) is -1.57. The summed E-state index contributed by atoms with van der Waals surface area (Å²) in [6, 6.07) is 7.30. The molecule has 0 spiro atoms. The van der Waals surface area contributed by atoms with Crippen LogP contribution in [0.2, 0.25) is 10.0 Å². The van der Waals surface area contributed by atoms with Crippen molar-refractivity contribution in [3.63, 3.8) is 0 Å². The maximum atomic E-state index is 13.1. The molecule has 0 fully saturated rings. The van der Waals surface area contributed by atoms with Crippen LogP contribution in [-0.4, -0.2) is 24.1 Å². The van der Waals surface area contributed by atoms with Crippen molar-refractivity contribution < 1.29 is 31.1 Å². The highest BCUT2D eigenvalue weighted by Crippen LogP contribution is 2.30. The van der Waals surface area contributed by atoms with Crippen molar-refractivity contribution in [2.45, 2.75) is 24.5 Å². The Labute approximate surface area is 196 Å². The number of alkyl halides is 2. The van der Waals surface area contributed by atoms with E-state index in [1.54, 1.807) is 0 Å². The molecular formula is C19H15Cl2F3N4O4S. The van der Waals surface area contributed by atoms with E-state index in [1.165, 1.54) is 18.2 Å². The molecule has 8 nitrogen and oxygen atoms in total. The van der Waals surface area contributed by atoms with Gasteiger partial charge in [0, 0.05) is 16.3 Å². The lowest BCUT2D eigenvalue weighted by molar-refractivity contribution is -0.115. The standard InChI is InChI=1S/C19H15Cl2F3N4O4S/c20-14-6-12(22)3-1-10(14)5-17(29)27-13-4-2-11(16(7-13)33(25,30)31)9-32-18-15(21)8-26-28(18)19(23)24/h1-4,6-8,19H,5,9H2,(H,27,29)(H2,25,30,31). The second kappa shape index (κ2) is 10.00. The molecule has 0 aliphatic rings. The number of hydrogen-bond acceptors (Lipinski definition) is 5. The van der Waals surface area contributed by atoms with E-state index in [4.69, 9.17) is 33.1 Å².